The number of methoxy groups -OCH3 is 1. The Balaban J connectivity index is 1.25. The summed E-state index contributed by atoms with van der Waals surface area (Å²) in [6.07, 6.45) is 2.17. The van der Waals surface area contributed by atoms with Crippen molar-refractivity contribution in [2.24, 2.45) is 0 Å². The van der Waals surface area contributed by atoms with Gasteiger partial charge in [-0.2, -0.15) is 0 Å². The van der Waals surface area contributed by atoms with Crippen LogP contribution in [0, 0.1) is 0 Å². The van der Waals surface area contributed by atoms with E-state index in [-0.39, 0.29) is 29.9 Å². The van der Waals surface area contributed by atoms with Gasteiger partial charge in [0.05, 0.1) is 13.7 Å². The predicted octanol–water partition coefficient (Wildman–Crippen LogP) is 2.42. The maximum Gasteiger partial charge on any atom is 0.251 e. The Hall–Kier alpha value is -3.10. The fourth-order valence-corrected chi connectivity index (χ4v) is 4.40. The molecule has 33 heavy (non-hydrogen) atoms. The molecule has 2 aliphatic rings. The molecule has 2 unspecified atom stereocenters. The summed E-state index contributed by atoms with van der Waals surface area (Å²) in [5.74, 6) is 1.50. The van der Waals surface area contributed by atoms with Crippen molar-refractivity contribution in [1.82, 2.24) is 21.1 Å². The second-order valence-electron chi connectivity index (χ2n) is 8.44. The van der Waals surface area contributed by atoms with Crippen LogP contribution < -0.4 is 25.6 Å². The molecule has 0 aliphatic carbocycles. The normalized spacial score (nSPS) is 21.0. The average molecular weight is 453 g/mol. The van der Waals surface area contributed by atoms with Crippen LogP contribution in [0.15, 0.2) is 48.5 Å². The summed E-state index contributed by atoms with van der Waals surface area (Å²) in [7, 11) is 1.58. The van der Waals surface area contributed by atoms with Crippen LogP contribution in [0.4, 0.5) is 0 Å². The maximum atomic E-state index is 13.0. The molecule has 2 atom stereocenters. The molecule has 3 N–H and O–H groups in total. The zero-order valence-electron chi connectivity index (χ0n) is 19.2. The van der Waals surface area contributed by atoms with E-state index in [1.54, 1.807) is 25.3 Å². The molecule has 2 heterocycles. The van der Waals surface area contributed by atoms with Crippen molar-refractivity contribution in [3.8, 4) is 11.5 Å². The van der Waals surface area contributed by atoms with E-state index in [2.05, 4.69) is 16.2 Å². The third-order valence-electron chi connectivity index (χ3n) is 6.27. The molecule has 0 bridgehead atoms. The topological polar surface area (TPSA) is 91.9 Å². The number of likely N-dealkylation sites (tertiary alicyclic amines) is 1. The third-order valence-corrected chi connectivity index (χ3v) is 6.27. The minimum atomic E-state index is -0.260. The summed E-state index contributed by atoms with van der Waals surface area (Å²) in [5, 5.41) is 3.09. The highest BCUT2D eigenvalue weighted by Crippen LogP contribution is 2.26. The van der Waals surface area contributed by atoms with Gasteiger partial charge in [0, 0.05) is 30.7 Å². The molecule has 2 aromatic carbocycles. The standard InChI is InChI=1S/C25H32N4O4/c1-3-33-20-9-7-17(8-10-20)22-16-23(28-27-22)25(31)29-13-11-19(12-14-29)26-24(30)18-5-4-6-21(15-18)32-2/h4-10,15,19,22-23,27-28H,3,11-14,16H2,1-2H3,(H,26,30). The summed E-state index contributed by atoms with van der Waals surface area (Å²) in [6.45, 7) is 3.87. The number of carbonyl (C=O) groups excluding carboxylic acids is 2. The highest BCUT2D eigenvalue weighted by atomic mass is 16.5. The summed E-state index contributed by atoms with van der Waals surface area (Å²) >= 11 is 0. The number of piperidine rings is 1. The van der Waals surface area contributed by atoms with Crippen molar-refractivity contribution in [1.29, 1.82) is 0 Å². The minimum absolute atomic E-state index is 0.0546. The van der Waals surface area contributed by atoms with E-state index >= 15 is 0 Å². The van der Waals surface area contributed by atoms with Gasteiger partial charge in [0.1, 0.15) is 17.5 Å². The van der Waals surface area contributed by atoms with E-state index < -0.39 is 0 Å². The number of hydrogen-bond acceptors (Lipinski definition) is 6. The Labute approximate surface area is 194 Å². The van der Waals surface area contributed by atoms with Crippen molar-refractivity contribution in [3.63, 3.8) is 0 Å². The number of nitrogens with zero attached hydrogens (tertiary/aromatic N) is 1. The molecule has 2 fully saturated rings. The van der Waals surface area contributed by atoms with Gasteiger partial charge in [0.25, 0.3) is 5.91 Å². The van der Waals surface area contributed by atoms with Gasteiger partial charge in [-0.25, -0.2) is 10.9 Å². The number of amides is 2. The van der Waals surface area contributed by atoms with Gasteiger partial charge in [-0.1, -0.05) is 18.2 Å². The van der Waals surface area contributed by atoms with Gasteiger partial charge < -0.3 is 19.7 Å². The van der Waals surface area contributed by atoms with E-state index in [4.69, 9.17) is 9.47 Å². The van der Waals surface area contributed by atoms with Crippen LogP contribution in [-0.2, 0) is 4.79 Å². The highest BCUT2D eigenvalue weighted by Gasteiger charge is 2.34. The first kappa shape index (κ1) is 23.1. The van der Waals surface area contributed by atoms with E-state index in [0.717, 1.165) is 24.2 Å². The lowest BCUT2D eigenvalue weighted by Crippen LogP contribution is -2.51. The van der Waals surface area contributed by atoms with E-state index in [1.807, 2.05) is 42.2 Å². The summed E-state index contributed by atoms with van der Waals surface area (Å²) in [4.78, 5) is 27.5. The number of nitrogens with one attached hydrogen (secondary N) is 3. The third kappa shape index (κ3) is 5.64. The minimum Gasteiger partial charge on any atom is -0.497 e. The Morgan fingerprint density at radius 2 is 1.82 bits per heavy atom. The molecule has 176 valence electrons. The molecule has 2 saturated heterocycles. The van der Waals surface area contributed by atoms with Gasteiger partial charge in [-0.3, -0.25) is 9.59 Å². The summed E-state index contributed by atoms with van der Waals surface area (Å²) in [5.41, 5.74) is 8.12. The van der Waals surface area contributed by atoms with Crippen molar-refractivity contribution in [3.05, 3.63) is 59.7 Å². The number of carbonyl (C=O) groups is 2. The van der Waals surface area contributed by atoms with Crippen LogP contribution in [0.2, 0.25) is 0 Å². The smallest absolute Gasteiger partial charge is 0.251 e. The first-order valence-corrected chi connectivity index (χ1v) is 11.5. The average Bonchev–Trinajstić information content (AvgIpc) is 3.35. The Morgan fingerprint density at radius 1 is 1.06 bits per heavy atom. The van der Waals surface area contributed by atoms with Gasteiger partial charge in [-0.05, 0) is 62.1 Å². The molecule has 4 rings (SSSR count). The molecular weight excluding hydrogens is 420 g/mol. The van der Waals surface area contributed by atoms with Crippen LogP contribution in [0.5, 0.6) is 11.5 Å². The number of ether oxygens (including phenoxy) is 2. The Morgan fingerprint density at radius 3 is 2.52 bits per heavy atom. The number of benzene rings is 2. The summed E-state index contributed by atoms with van der Waals surface area (Å²) < 4.78 is 10.7. The molecule has 0 spiro atoms. The van der Waals surface area contributed by atoms with E-state index in [9.17, 15) is 9.59 Å². The lowest BCUT2D eigenvalue weighted by atomic mass is 9.99. The lowest BCUT2D eigenvalue weighted by molar-refractivity contribution is -0.134. The van der Waals surface area contributed by atoms with Crippen LogP contribution in [0.3, 0.4) is 0 Å². The van der Waals surface area contributed by atoms with Gasteiger partial charge >= 0.3 is 0 Å². The van der Waals surface area contributed by atoms with Gasteiger partial charge in [0.2, 0.25) is 5.91 Å². The van der Waals surface area contributed by atoms with Crippen LogP contribution in [-0.4, -0.2) is 55.6 Å². The first-order valence-electron chi connectivity index (χ1n) is 11.5. The van der Waals surface area contributed by atoms with Crippen LogP contribution in [0.25, 0.3) is 0 Å². The first-order chi connectivity index (χ1) is 16.1. The van der Waals surface area contributed by atoms with Crippen LogP contribution in [0.1, 0.15) is 48.1 Å². The molecule has 8 heteroatoms. The Kier molecular flexibility index (Phi) is 7.47. The second-order valence-corrected chi connectivity index (χ2v) is 8.44. The van der Waals surface area contributed by atoms with Crippen molar-refractivity contribution in [2.75, 3.05) is 26.8 Å². The molecule has 2 aromatic rings. The summed E-state index contributed by atoms with van der Waals surface area (Å²) in [6, 6.07) is 15.0. The second kappa shape index (κ2) is 10.7. The van der Waals surface area contributed by atoms with Crippen LogP contribution >= 0.6 is 0 Å². The van der Waals surface area contributed by atoms with E-state index in [1.165, 1.54) is 0 Å². The number of hydrogen-bond donors (Lipinski definition) is 3. The fourth-order valence-electron chi connectivity index (χ4n) is 4.40. The SMILES string of the molecule is CCOc1ccc(C2CC(C(=O)N3CCC(NC(=O)c4cccc(OC)c4)CC3)NN2)cc1. The zero-order valence-corrected chi connectivity index (χ0v) is 19.2. The van der Waals surface area contributed by atoms with E-state index in [0.29, 0.717) is 37.4 Å². The van der Waals surface area contributed by atoms with Gasteiger partial charge in [0.15, 0.2) is 0 Å². The Bertz CT molecular complexity index is 957. The zero-order chi connectivity index (χ0) is 23.2. The fraction of sp³-hybridized carbons (Fsp3) is 0.440. The maximum absolute atomic E-state index is 13.0. The lowest BCUT2D eigenvalue weighted by Gasteiger charge is -2.33. The molecule has 0 radical (unpaired) electrons. The van der Waals surface area contributed by atoms with Gasteiger partial charge in [-0.15, -0.1) is 0 Å². The monoisotopic (exact) mass is 452 g/mol. The number of hydrazine groups is 1. The molecular formula is C25H32N4O4. The number of rotatable bonds is 7. The van der Waals surface area contributed by atoms with Crippen molar-refractivity contribution >= 4 is 11.8 Å². The highest BCUT2D eigenvalue weighted by molar-refractivity contribution is 5.94. The quantitative estimate of drug-likeness (QED) is 0.598. The molecule has 2 aliphatic heterocycles. The molecule has 2 amide bonds. The molecule has 0 aromatic heterocycles. The van der Waals surface area contributed by atoms with Crippen molar-refractivity contribution in [2.45, 2.75) is 44.3 Å². The largest absolute Gasteiger partial charge is 0.497 e. The molecule has 0 saturated carbocycles. The molecule has 8 nitrogen and oxygen atoms in total. The predicted molar refractivity (Wildman–Crippen MR) is 125 cm³/mol. The van der Waals surface area contributed by atoms with Crippen molar-refractivity contribution < 1.29 is 19.1 Å².